The van der Waals surface area contributed by atoms with Crippen molar-refractivity contribution >= 4 is 19.7 Å². The number of nitrogens with zero attached hydrogens (tertiary/aromatic N) is 3. The molecule has 1 atom stereocenters. The number of fused-ring (bicyclic) bond motifs is 1. The van der Waals surface area contributed by atoms with Gasteiger partial charge in [0.1, 0.15) is 6.54 Å². The molecule has 142 valence electrons. The molecule has 2 heterocycles. The maximum Gasteiger partial charge on any atom is 0.359 e. The van der Waals surface area contributed by atoms with Crippen molar-refractivity contribution in [1.29, 1.82) is 0 Å². The van der Waals surface area contributed by atoms with Gasteiger partial charge in [-0.2, -0.15) is 5.10 Å². The third-order valence-corrected chi connectivity index (χ3v) is 11.0. The van der Waals surface area contributed by atoms with E-state index in [4.69, 9.17) is 0 Å². The summed E-state index contributed by atoms with van der Waals surface area (Å²) in [5.41, 5.74) is 1.90. The van der Waals surface area contributed by atoms with Crippen LogP contribution in [0.1, 0.15) is 52.8 Å². The molecule has 1 N–H and O–H groups in total. The Labute approximate surface area is 151 Å². The molecular formula is C18H33FN3O2Si+. The average Bonchev–Trinajstić information content (AvgIpc) is 2.69. The number of aryl methyl sites for hydroxylation is 1. The zero-order valence-electron chi connectivity index (χ0n) is 16.9. The number of quaternary nitrogens is 1. The smallest absolute Gasteiger partial charge is 0.359 e. The lowest BCUT2D eigenvalue weighted by molar-refractivity contribution is -0.917. The summed E-state index contributed by atoms with van der Waals surface area (Å²) in [4.78, 5) is 11.3. The average molecular weight is 371 g/mol. The second-order valence-electron chi connectivity index (χ2n) is 9.86. The molecule has 25 heavy (non-hydrogen) atoms. The molecular weight excluding hydrogens is 337 g/mol. The third-order valence-electron chi connectivity index (χ3n) is 5.57. The second kappa shape index (κ2) is 5.91. The summed E-state index contributed by atoms with van der Waals surface area (Å²) in [6.07, 6.45) is 0.700. The molecule has 1 unspecified atom stereocenters. The van der Waals surface area contributed by atoms with Crippen LogP contribution in [0.25, 0.3) is 0 Å². The molecule has 0 aliphatic carbocycles. The number of aromatic nitrogens is 2. The van der Waals surface area contributed by atoms with Gasteiger partial charge in [-0.25, -0.2) is 4.79 Å². The maximum atomic E-state index is 16.9. The van der Waals surface area contributed by atoms with E-state index in [1.807, 2.05) is 55.6 Å². The lowest BCUT2D eigenvalue weighted by Gasteiger charge is -2.45. The minimum Gasteiger partial charge on any atom is -0.477 e. The monoisotopic (exact) mass is 370 g/mol. The van der Waals surface area contributed by atoms with Crippen molar-refractivity contribution in [2.45, 2.75) is 64.6 Å². The Kier molecular flexibility index (Phi) is 4.75. The first kappa shape index (κ1) is 20.1. The van der Waals surface area contributed by atoms with Gasteiger partial charge in [-0.1, -0.05) is 41.5 Å². The van der Waals surface area contributed by atoms with Gasteiger partial charge in [-0.3, -0.25) is 4.68 Å². The Bertz CT molecular complexity index is 674. The van der Waals surface area contributed by atoms with Crippen LogP contribution in [0.2, 0.25) is 10.1 Å². The van der Waals surface area contributed by atoms with Crippen molar-refractivity contribution in [2.24, 2.45) is 7.05 Å². The Morgan fingerprint density at radius 3 is 2.24 bits per heavy atom. The van der Waals surface area contributed by atoms with Gasteiger partial charge in [-0.15, -0.1) is 0 Å². The van der Waals surface area contributed by atoms with Crippen molar-refractivity contribution in [3.63, 3.8) is 0 Å². The van der Waals surface area contributed by atoms with Gasteiger partial charge in [-0.05, 0) is 10.1 Å². The molecule has 0 saturated heterocycles. The zero-order valence-corrected chi connectivity index (χ0v) is 17.9. The summed E-state index contributed by atoms with van der Waals surface area (Å²) in [5, 5.41) is 13.7. The van der Waals surface area contributed by atoms with Crippen molar-refractivity contribution in [3.8, 4) is 0 Å². The molecule has 7 heteroatoms. The lowest BCUT2D eigenvalue weighted by atomic mass is 10.1. The molecule has 0 saturated carbocycles. The molecule has 1 aliphatic heterocycles. The SMILES string of the molecule is Cn1nc2c(c1[Si](F)(C(C)(C)C)C(C)(C)C)C[N+](C)(CC(=O)O)CC2. The first-order valence-corrected chi connectivity index (χ1v) is 10.8. The van der Waals surface area contributed by atoms with Crippen LogP contribution in [-0.4, -0.2) is 53.9 Å². The van der Waals surface area contributed by atoms with Crippen molar-refractivity contribution in [1.82, 2.24) is 9.78 Å². The van der Waals surface area contributed by atoms with E-state index in [9.17, 15) is 9.90 Å². The van der Waals surface area contributed by atoms with Crippen LogP contribution < -0.4 is 5.32 Å². The summed E-state index contributed by atoms with van der Waals surface area (Å²) in [6.45, 7) is 13.2. The fraction of sp³-hybridized carbons (Fsp3) is 0.778. The van der Waals surface area contributed by atoms with E-state index in [0.717, 1.165) is 23.1 Å². The van der Waals surface area contributed by atoms with E-state index in [1.165, 1.54) is 0 Å². The van der Waals surface area contributed by atoms with E-state index in [2.05, 4.69) is 5.10 Å². The Hall–Kier alpha value is -1.21. The fourth-order valence-corrected chi connectivity index (χ4v) is 9.36. The Morgan fingerprint density at radius 2 is 1.80 bits per heavy atom. The fourth-order valence-electron chi connectivity index (χ4n) is 4.55. The first-order chi connectivity index (χ1) is 11.1. The summed E-state index contributed by atoms with van der Waals surface area (Å²) < 4.78 is 19.0. The highest BCUT2D eigenvalue weighted by Crippen LogP contribution is 2.52. The van der Waals surface area contributed by atoms with E-state index in [0.29, 0.717) is 17.4 Å². The molecule has 0 aromatic carbocycles. The third kappa shape index (κ3) is 3.28. The molecule has 1 aromatic heterocycles. The molecule has 0 radical (unpaired) electrons. The van der Waals surface area contributed by atoms with E-state index in [1.54, 1.807) is 4.68 Å². The van der Waals surface area contributed by atoms with Gasteiger partial charge in [0.25, 0.3) is 0 Å². The number of hydrogen-bond acceptors (Lipinski definition) is 2. The summed E-state index contributed by atoms with van der Waals surface area (Å²) in [7, 11) is 0.329. The zero-order chi connectivity index (χ0) is 19.4. The van der Waals surface area contributed by atoms with Crippen LogP contribution in [0.5, 0.6) is 0 Å². The van der Waals surface area contributed by atoms with Crippen LogP contribution in [0.15, 0.2) is 0 Å². The van der Waals surface area contributed by atoms with Gasteiger partial charge in [0.15, 0.2) is 6.54 Å². The van der Waals surface area contributed by atoms with E-state index >= 15 is 4.11 Å². The second-order valence-corrected chi connectivity index (χ2v) is 14.6. The number of aliphatic carboxylic acids is 1. The molecule has 0 bridgehead atoms. The quantitative estimate of drug-likeness (QED) is 0.506. The topological polar surface area (TPSA) is 55.1 Å². The molecule has 1 aliphatic rings. The number of carboxylic acid groups (broad SMARTS) is 1. The number of halogens is 1. The predicted molar refractivity (Wildman–Crippen MR) is 100 cm³/mol. The normalized spacial score (nSPS) is 22.0. The highest BCUT2D eigenvalue weighted by Gasteiger charge is 2.60. The van der Waals surface area contributed by atoms with Crippen LogP contribution >= 0.6 is 0 Å². The molecule has 1 aromatic rings. The van der Waals surface area contributed by atoms with Crippen LogP contribution in [0, 0.1) is 0 Å². The van der Waals surface area contributed by atoms with Gasteiger partial charge >= 0.3 is 14.4 Å². The summed E-state index contributed by atoms with van der Waals surface area (Å²) in [6, 6.07) is 0. The highest BCUT2D eigenvalue weighted by molar-refractivity contribution is 6.90. The summed E-state index contributed by atoms with van der Waals surface area (Å²) in [5.74, 6) is -0.813. The van der Waals surface area contributed by atoms with E-state index in [-0.39, 0.29) is 6.54 Å². The standard InChI is InChI=1S/C18H32FN3O2Si/c1-17(2,3)25(19,18(4,5)6)16-13-11-22(8,12-15(23)24)10-9-14(13)20-21(16)7/h9-12H2,1-8H3/p+1. The highest BCUT2D eigenvalue weighted by atomic mass is 28.4. The van der Waals surface area contributed by atoms with E-state index < -0.39 is 24.5 Å². The minimum absolute atomic E-state index is 0.0552. The Morgan fingerprint density at radius 1 is 1.28 bits per heavy atom. The largest absolute Gasteiger partial charge is 0.477 e. The number of hydrogen-bond donors (Lipinski definition) is 1. The van der Waals surface area contributed by atoms with Crippen LogP contribution in [0.4, 0.5) is 4.11 Å². The first-order valence-electron chi connectivity index (χ1n) is 8.92. The maximum absolute atomic E-state index is 16.9. The number of likely N-dealkylation sites (N-methyl/N-ethyl adjacent to an activating group) is 1. The molecule has 5 nitrogen and oxygen atoms in total. The van der Waals surface area contributed by atoms with Crippen molar-refractivity contribution < 1.29 is 18.5 Å². The minimum atomic E-state index is -3.46. The van der Waals surface area contributed by atoms with Gasteiger partial charge in [0.2, 0.25) is 0 Å². The number of rotatable bonds is 3. The summed E-state index contributed by atoms with van der Waals surface area (Å²) >= 11 is 0. The number of carboxylic acids is 1. The molecule has 0 fully saturated rings. The van der Waals surface area contributed by atoms with Crippen molar-refractivity contribution in [2.75, 3.05) is 20.1 Å². The van der Waals surface area contributed by atoms with Gasteiger partial charge in [0, 0.05) is 19.0 Å². The molecule has 0 amide bonds. The molecule has 2 rings (SSSR count). The van der Waals surface area contributed by atoms with Crippen molar-refractivity contribution in [3.05, 3.63) is 11.3 Å². The van der Waals surface area contributed by atoms with Crippen LogP contribution in [0.3, 0.4) is 0 Å². The van der Waals surface area contributed by atoms with Crippen LogP contribution in [-0.2, 0) is 24.8 Å². The molecule has 0 spiro atoms. The Balaban J connectivity index is 2.66. The van der Waals surface area contributed by atoms with Gasteiger partial charge < -0.3 is 13.7 Å². The lowest BCUT2D eigenvalue weighted by Crippen LogP contribution is -2.62. The van der Waals surface area contributed by atoms with Gasteiger partial charge in [0.05, 0.1) is 24.6 Å². The number of carbonyl (C=O) groups is 1. The predicted octanol–water partition coefficient (Wildman–Crippen LogP) is 2.73.